The monoisotopic (exact) mass is 354 g/mol. The molecule has 0 radical (unpaired) electrons. The normalized spacial score (nSPS) is 21.4. The number of nitrogens with zero attached hydrogens (tertiary/aromatic N) is 2. The van der Waals surface area contributed by atoms with Crippen molar-refractivity contribution in [2.24, 2.45) is 0 Å². The number of aliphatic hydroxyl groups excluding tert-OH is 1. The molecule has 1 fully saturated rings. The molecule has 1 aromatic carbocycles. The van der Waals surface area contributed by atoms with Gasteiger partial charge in [-0.1, -0.05) is 6.07 Å². The van der Waals surface area contributed by atoms with Crippen LogP contribution in [-0.2, 0) is 4.79 Å². The number of likely N-dealkylation sites (tertiary alicyclic amines) is 1. The summed E-state index contributed by atoms with van der Waals surface area (Å²) in [6, 6.07) is 9.05. The second kappa shape index (κ2) is 6.87. The first-order valence-corrected chi connectivity index (χ1v) is 7.86. The van der Waals surface area contributed by atoms with Crippen LogP contribution in [0.4, 0.5) is 13.2 Å². The van der Waals surface area contributed by atoms with E-state index in [-0.39, 0.29) is 19.5 Å². The number of fused-ring (bicyclic) bond motifs is 1. The average Bonchev–Trinajstić information content (AvgIpc) is 2.55. The van der Waals surface area contributed by atoms with Gasteiger partial charge in [0.1, 0.15) is 24.4 Å². The summed E-state index contributed by atoms with van der Waals surface area (Å²) in [7, 11) is 0. The Morgan fingerprint density at radius 3 is 2.88 bits per heavy atom. The van der Waals surface area contributed by atoms with E-state index < -0.39 is 30.7 Å². The first-order chi connectivity index (χ1) is 11.8. The lowest BCUT2D eigenvalue weighted by molar-refractivity contribution is -0.165. The van der Waals surface area contributed by atoms with E-state index in [0.29, 0.717) is 5.75 Å². The summed E-state index contributed by atoms with van der Waals surface area (Å²) in [6.07, 6.45) is -5.78. The van der Waals surface area contributed by atoms with E-state index in [9.17, 15) is 23.1 Å². The van der Waals surface area contributed by atoms with Gasteiger partial charge < -0.3 is 14.7 Å². The third-order valence-corrected chi connectivity index (χ3v) is 4.09. The number of hydrogen-bond donors (Lipinski definition) is 1. The molecule has 1 aliphatic heterocycles. The molecule has 134 valence electrons. The third kappa shape index (κ3) is 4.39. The summed E-state index contributed by atoms with van der Waals surface area (Å²) in [6.45, 7) is -0.0616. The highest BCUT2D eigenvalue weighted by Gasteiger charge is 2.37. The molecule has 25 heavy (non-hydrogen) atoms. The predicted octanol–water partition coefficient (Wildman–Crippen LogP) is 2.53. The number of aromatic nitrogens is 1. The SMILES string of the molecule is O=C(CC(F)(F)F)N1CC[C@@H](Oc2ccc3cccnc3c2)[C@H](O)C1. The molecule has 1 amide bonds. The van der Waals surface area contributed by atoms with Crippen molar-refractivity contribution in [3.63, 3.8) is 0 Å². The lowest BCUT2D eigenvalue weighted by Gasteiger charge is -2.36. The number of halogens is 3. The van der Waals surface area contributed by atoms with Crippen LogP contribution in [-0.4, -0.2) is 52.4 Å². The fourth-order valence-corrected chi connectivity index (χ4v) is 2.85. The number of β-amino-alcohol motifs (C(OH)–C–C–N with tert-alkyl or cyclic N) is 1. The van der Waals surface area contributed by atoms with Crippen molar-refractivity contribution in [1.82, 2.24) is 9.88 Å². The zero-order chi connectivity index (χ0) is 18.0. The van der Waals surface area contributed by atoms with Crippen molar-refractivity contribution in [3.05, 3.63) is 36.5 Å². The molecule has 1 aliphatic rings. The smallest absolute Gasteiger partial charge is 0.397 e. The van der Waals surface area contributed by atoms with Crippen molar-refractivity contribution < 1.29 is 27.8 Å². The largest absolute Gasteiger partial charge is 0.488 e. The fraction of sp³-hybridized carbons (Fsp3) is 0.412. The van der Waals surface area contributed by atoms with Gasteiger partial charge in [0, 0.05) is 30.6 Å². The number of pyridine rings is 1. The van der Waals surface area contributed by atoms with Gasteiger partial charge in [0.2, 0.25) is 5.91 Å². The van der Waals surface area contributed by atoms with E-state index in [2.05, 4.69) is 4.98 Å². The number of hydrogen-bond acceptors (Lipinski definition) is 4. The van der Waals surface area contributed by atoms with E-state index in [1.807, 2.05) is 18.2 Å². The molecule has 0 spiro atoms. The van der Waals surface area contributed by atoms with Crippen LogP contribution in [0.15, 0.2) is 36.5 Å². The van der Waals surface area contributed by atoms with Gasteiger partial charge in [-0.15, -0.1) is 0 Å². The van der Waals surface area contributed by atoms with Gasteiger partial charge in [-0.05, 0) is 18.2 Å². The van der Waals surface area contributed by atoms with Crippen LogP contribution >= 0.6 is 0 Å². The predicted molar refractivity (Wildman–Crippen MR) is 84.0 cm³/mol. The molecule has 3 rings (SSSR count). The summed E-state index contributed by atoms with van der Waals surface area (Å²) < 4.78 is 42.7. The zero-order valence-electron chi connectivity index (χ0n) is 13.2. The standard InChI is InChI=1S/C17H17F3N2O3/c18-17(19,20)9-16(24)22-7-5-15(14(23)10-22)25-12-4-3-11-2-1-6-21-13(11)8-12/h1-4,6,8,14-15,23H,5,7,9-10H2/t14-,15-/m1/s1. The van der Waals surface area contributed by atoms with E-state index in [1.165, 1.54) is 0 Å². The second-order valence-corrected chi connectivity index (χ2v) is 6.00. The number of ether oxygens (including phenoxy) is 1. The fourth-order valence-electron chi connectivity index (χ4n) is 2.85. The number of benzene rings is 1. The quantitative estimate of drug-likeness (QED) is 0.920. The maximum absolute atomic E-state index is 12.3. The van der Waals surface area contributed by atoms with Gasteiger partial charge in [-0.25, -0.2) is 0 Å². The molecule has 1 saturated heterocycles. The third-order valence-electron chi connectivity index (χ3n) is 4.09. The molecular formula is C17H17F3N2O3. The Bertz CT molecular complexity index is 766. The Morgan fingerprint density at radius 1 is 1.36 bits per heavy atom. The highest BCUT2D eigenvalue weighted by Crippen LogP contribution is 2.25. The number of alkyl halides is 3. The summed E-state index contributed by atoms with van der Waals surface area (Å²) in [5.74, 6) is -0.509. The number of aliphatic hydroxyl groups is 1. The van der Waals surface area contributed by atoms with Crippen LogP contribution in [0, 0.1) is 0 Å². The number of rotatable bonds is 3. The average molecular weight is 354 g/mol. The van der Waals surface area contributed by atoms with E-state index >= 15 is 0 Å². The van der Waals surface area contributed by atoms with Gasteiger partial charge >= 0.3 is 6.18 Å². The van der Waals surface area contributed by atoms with E-state index in [4.69, 9.17) is 4.74 Å². The van der Waals surface area contributed by atoms with E-state index in [1.54, 1.807) is 18.3 Å². The number of amides is 1. The Balaban J connectivity index is 1.62. The molecule has 8 heteroatoms. The van der Waals surface area contributed by atoms with Gasteiger partial charge in [0.25, 0.3) is 0 Å². The molecule has 0 saturated carbocycles. The molecule has 0 unspecified atom stereocenters. The topological polar surface area (TPSA) is 62.7 Å². The maximum atomic E-state index is 12.3. The molecule has 1 aromatic heterocycles. The molecule has 2 aromatic rings. The molecule has 1 N–H and O–H groups in total. The van der Waals surface area contributed by atoms with Crippen LogP contribution < -0.4 is 4.74 Å². The van der Waals surface area contributed by atoms with Gasteiger partial charge in [0.05, 0.1) is 12.1 Å². The van der Waals surface area contributed by atoms with E-state index in [0.717, 1.165) is 15.8 Å². The summed E-state index contributed by atoms with van der Waals surface area (Å²) in [5.41, 5.74) is 0.743. The van der Waals surface area contributed by atoms with Gasteiger partial charge in [-0.3, -0.25) is 9.78 Å². The van der Waals surface area contributed by atoms with Crippen LogP contribution in [0.2, 0.25) is 0 Å². The zero-order valence-corrected chi connectivity index (χ0v) is 13.2. The number of carbonyl (C=O) groups excluding carboxylic acids is 1. The lowest BCUT2D eigenvalue weighted by Crippen LogP contribution is -2.51. The van der Waals surface area contributed by atoms with Crippen molar-refractivity contribution in [1.29, 1.82) is 0 Å². The lowest BCUT2D eigenvalue weighted by atomic mass is 10.0. The Kier molecular flexibility index (Phi) is 4.80. The van der Waals surface area contributed by atoms with Crippen LogP contribution in [0.1, 0.15) is 12.8 Å². The molecule has 0 bridgehead atoms. The van der Waals surface area contributed by atoms with Crippen LogP contribution in [0.3, 0.4) is 0 Å². The summed E-state index contributed by atoms with van der Waals surface area (Å²) in [5, 5.41) is 11.1. The molecule has 2 atom stereocenters. The Hall–Kier alpha value is -2.35. The van der Waals surface area contributed by atoms with Crippen LogP contribution in [0.25, 0.3) is 10.9 Å². The summed E-state index contributed by atoms with van der Waals surface area (Å²) in [4.78, 5) is 16.9. The number of piperidine rings is 1. The minimum Gasteiger partial charge on any atom is -0.488 e. The molecule has 0 aliphatic carbocycles. The highest BCUT2D eigenvalue weighted by atomic mass is 19.4. The molecule has 5 nitrogen and oxygen atoms in total. The maximum Gasteiger partial charge on any atom is 0.397 e. The van der Waals surface area contributed by atoms with Crippen molar-refractivity contribution in [3.8, 4) is 5.75 Å². The minimum absolute atomic E-state index is 0.114. The van der Waals surface area contributed by atoms with Crippen LogP contribution in [0.5, 0.6) is 5.75 Å². The first-order valence-electron chi connectivity index (χ1n) is 7.86. The first kappa shape index (κ1) is 17.5. The van der Waals surface area contributed by atoms with Crippen molar-refractivity contribution in [2.75, 3.05) is 13.1 Å². The summed E-state index contributed by atoms with van der Waals surface area (Å²) >= 11 is 0. The Morgan fingerprint density at radius 2 is 2.16 bits per heavy atom. The Labute approximate surface area is 142 Å². The number of carbonyl (C=O) groups is 1. The van der Waals surface area contributed by atoms with Gasteiger partial charge in [0.15, 0.2) is 0 Å². The van der Waals surface area contributed by atoms with Crippen molar-refractivity contribution >= 4 is 16.8 Å². The molecule has 2 heterocycles. The minimum atomic E-state index is -4.55. The highest BCUT2D eigenvalue weighted by molar-refractivity contribution is 5.79. The van der Waals surface area contributed by atoms with Crippen molar-refractivity contribution in [2.45, 2.75) is 31.2 Å². The molecular weight excluding hydrogens is 337 g/mol. The second-order valence-electron chi connectivity index (χ2n) is 6.00. The van der Waals surface area contributed by atoms with Gasteiger partial charge in [-0.2, -0.15) is 13.2 Å².